The van der Waals surface area contributed by atoms with Crippen LogP contribution in [0.15, 0.2) is 12.1 Å². The standard InChI is InChI=1S/C44H70O23/c1-17-11-43-9-5-22-41(2,7-4-8-42(22,3)40(59)66-38-33(58)30(55)26(51)20(14-47)62-38)23(43)6-10-44(17,16-43)67-39-35(65-37-32(57)29(54)25(50)19(13-46)61-37)34(27(52)21(15-48)63-39)64-36-31(56)28(53)24(49)18(12-45)60-36/h18-39,45-58H,1,4-16H2,2-3H3/t18-,19-,20-,21-,22+,23+,24-,25-,26-,27-,28+,29+,30+,31-,32-,33-,34+,35-,36+,37+,38+,39+,41-,42-,43-,44+/m1/s1/i1+1D2. The van der Waals surface area contributed by atoms with Gasteiger partial charge in [0.05, 0.1) is 40.2 Å². The second kappa shape index (κ2) is 19.4. The summed E-state index contributed by atoms with van der Waals surface area (Å²) >= 11 is 0. The van der Waals surface area contributed by atoms with Gasteiger partial charge in [-0.1, -0.05) is 19.9 Å². The smallest absolute Gasteiger partial charge is 0.314 e. The largest absolute Gasteiger partial charge is 0.432 e. The Labute approximate surface area is 389 Å². The van der Waals surface area contributed by atoms with Crippen LogP contribution in [0.1, 0.15) is 74.4 Å². The van der Waals surface area contributed by atoms with Crippen molar-refractivity contribution in [2.24, 2.45) is 28.1 Å². The topological polar surface area (TPSA) is 374 Å². The average Bonchev–Trinajstić information content (AvgIpc) is 3.56. The van der Waals surface area contributed by atoms with Gasteiger partial charge >= 0.3 is 5.97 Å². The number of rotatable bonds is 12. The van der Waals surface area contributed by atoms with E-state index in [9.17, 15) is 76.3 Å². The van der Waals surface area contributed by atoms with Crippen LogP contribution in [0.2, 0.25) is 0 Å². The van der Waals surface area contributed by atoms with E-state index in [0.29, 0.717) is 44.1 Å². The minimum Gasteiger partial charge on any atom is -0.432 e. The normalized spacial score (nSPS) is 54.9. The first kappa shape index (κ1) is 49.0. The molecule has 4 heterocycles. The summed E-state index contributed by atoms with van der Waals surface area (Å²) in [6.07, 6.45) is -31.5. The van der Waals surface area contributed by atoms with Crippen LogP contribution in [0.4, 0.5) is 0 Å². The van der Waals surface area contributed by atoms with Crippen LogP contribution in [-0.4, -0.2) is 232 Å². The number of aliphatic hydroxyl groups excluding tert-OH is 14. The number of aliphatic hydroxyl groups is 14. The molecule has 0 radical (unpaired) electrons. The lowest BCUT2D eigenvalue weighted by Crippen LogP contribution is -2.68. The molecule has 26 atom stereocenters. The van der Waals surface area contributed by atoms with Crippen molar-refractivity contribution < 1.29 is 117 Å². The first-order chi connectivity index (χ1) is 32.5. The molecule has 1 spiro atoms. The number of fused-ring (bicyclic) bond motifs is 3. The van der Waals surface area contributed by atoms with Crippen LogP contribution >= 0.6 is 0 Å². The SMILES string of the molecule is [2H][13C]([2H])=C1C[C@@]23CC[C@H]4[C@@](C)(CCC[C@@]4(C)C(=O)O[C@@H]4O[C@H](CO)[C@@H](O)[C@H](O)[C@H]4O)[C@@H]2CC[C@]1(O[C@@H]1O[C@H](CO)[C@@H](O)[C@H](O[C@@H]2O[C@H](CO)[C@@H](O)[C@H](O)[C@H]2O)[C@H]1O[C@@H]1O[C@H](CO)[C@@H](O)[C@H](O)[C@H]1O)C3. The van der Waals surface area contributed by atoms with Crippen molar-refractivity contribution >= 4 is 5.97 Å². The maximum absolute atomic E-state index is 14.3. The summed E-state index contributed by atoms with van der Waals surface area (Å²) in [5, 5.41) is 148. The fourth-order valence-electron chi connectivity index (χ4n) is 13.4. The lowest BCUT2D eigenvalue weighted by molar-refractivity contribution is -0.400. The van der Waals surface area contributed by atoms with Gasteiger partial charge < -0.3 is 109 Å². The van der Waals surface area contributed by atoms with E-state index in [4.69, 9.17) is 40.6 Å². The molecule has 23 nitrogen and oxygen atoms in total. The summed E-state index contributed by atoms with van der Waals surface area (Å²) in [6, 6.07) is 0. The Kier molecular flexibility index (Phi) is 14.2. The maximum Gasteiger partial charge on any atom is 0.314 e. The molecule has 23 heteroatoms. The zero-order valence-corrected chi connectivity index (χ0v) is 37.3. The van der Waals surface area contributed by atoms with Crippen molar-refractivity contribution in [2.45, 2.75) is 200 Å². The van der Waals surface area contributed by atoms with E-state index in [-0.39, 0.29) is 31.1 Å². The number of ether oxygens (including phenoxy) is 8. The Hall–Kier alpha value is -1.63. The number of carbonyl (C=O) groups excluding carboxylic acids is 1. The minimum atomic E-state index is -2.01. The minimum absolute atomic E-state index is 0.125. The van der Waals surface area contributed by atoms with Gasteiger partial charge in [-0.15, -0.1) is 0 Å². The maximum atomic E-state index is 14.3. The van der Waals surface area contributed by atoms with E-state index in [1.54, 1.807) is 6.92 Å². The zero-order chi connectivity index (χ0) is 50.3. The molecule has 4 aliphatic heterocycles. The quantitative estimate of drug-likeness (QED) is 0.0376. The van der Waals surface area contributed by atoms with Gasteiger partial charge in [0.1, 0.15) is 97.7 Å². The summed E-state index contributed by atoms with van der Waals surface area (Å²) in [5.74, 6) is -1.09. The first-order valence-corrected chi connectivity index (χ1v) is 23.3. The first-order valence-electron chi connectivity index (χ1n) is 24.3. The molecular formula is C44H70O23. The van der Waals surface area contributed by atoms with Gasteiger partial charge in [0.25, 0.3) is 0 Å². The number of esters is 1. The Morgan fingerprint density at radius 2 is 1.07 bits per heavy atom. The highest BCUT2D eigenvalue weighted by Crippen LogP contribution is 2.74. The molecule has 4 saturated carbocycles. The molecule has 67 heavy (non-hydrogen) atoms. The molecular weight excluding hydrogens is 897 g/mol. The van der Waals surface area contributed by atoms with E-state index >= 15 is 0 Å². The van der Waals surface area contributed by atoms with E-state index in [1.165, 1.54) is 0 Å². The van der Waals surface area contributed by atoms with Crippen LogP contribution in [-0.2, 0) is 42.7 Å². The molecule has 384 valence electrons. The lowest BCUT2D eigenvalue weighted by Gasteiger charge is -2.64. The molecule has 4 saturated heterocycles. The third-order valence-electron chi connectivity index (χ3n) is 17.0. The second-order valence-electron chi connectivity index (χ2n) is 20.7. The van der Waals surface area contributed by atoms with Gasteiger partial charge in [0, 0.05) is 0 Å². The predicted octanol–water partition coefficient (Wildman–Crippen LogP) is -5.11. The third-order valence-corrected chi connectivity index (χ3v) is 17.0. The van der Waals surface area contributed by atoms with Gasteiger partial charge in [-0.2, -0.15) is 0 Å². The van der Waals surface area contributed by atoms with E-state index in [0.717, 1.165) is 0 Å². The fourth-order valence-corrected chi connectivity index (χ4v) is 13.4. The highest BCUT2D eigenvalue weighted by atomic mass is 16.8. The highest BCUT2D eigenvalue weighted by Gasteiger charge is 2.70. The Morgan fingerprint density at radius 1 is 0.597 bits per heavy atom. The van der Waals surface area contributed by atoms with Crippen molar-refractivity contribution in [3.05, 3.63) is 12.1 Å². The van der Waals surface area contributed by atoms with Crippen LogP contribution in [0, 0.1) is 28.1 Å². The fraction of sp³-hybridized carbons (Fsp3) is 0.932. The van der Waals surface area contributed by atoms with Crippen molar-refractivity contribution in [2.75, 3.05) is 26.4 Å². The number of carbonyl (C=O) groups is 1. The van der Waals surface area contributed by atoms with Crippen LogP contribution in [0.5, 0.6) is 0 Å². The van der Waals surface area contributed by atoms with Crippen molar-refractivity contribution in [1.29, 1.82) is 0 Å². The molecule has 0 aromatic carbocycles. The van der Waals surface area contributed by atoms with Gasteiger partial charge in [-0.05, 0) is 86.5 Å². The molecule has 0 aromatic rings. The van der Waals surface area contributed by atoms with Gasteiger partial charge in [0.15, 0.2) is 18.9 Å². The summed E-state index contributed by atoms with van der Waals surface area (Å²) < 4.78 is 65.7. The van der Waals surface area contributed by atoms with Crippen molar-refractivity contribution in [3.8, 4) is 0 Å². The highest BCUT2D eigenvalue weighted by molar-refractivity contribution is 5.77. The summed E-state index contributed by atoms with van der Waals surface area (Å²) in [5.41, 5.74) is -3.46. The number of hydrogen-bond donors (Lipinski definition) is 14. The number of hydrogen-bond acceptors (Lipinski definition) is 23. The van der Waals surface area contributed by atoms with Gasteiger partial charge in [-0.25, -0.2) is 0 Å². The molecule has 0 amide bonds. The summed E-state index contributed by atoms with van der Waals surface area (Å²) in [6.45, 7) is 0.0930. The Bertz CT molecular complexity index is 1850. The molecule has 8 fully saturated rings. The van der Waals surface area contributed by atoms with Gasteiger partial charge in [0.2, 0.25) is 6.29 Å². The lowest BCUT2D eigenvalue weighted by atomic mass is 9.41. The predicted molar refractivity (Wildman–Crippen MR) is 219 cm³/mol. The zero-order valence-electron chi connectivity index (χ0n) is 39.3. The Morgan fingerprint density at radius 3 is 1.61 bits per heavy atom. The van der Waals surface area contributed by atoms with Gasteiger partial charge in [-0.3, -0.25) is 4.79 Å². The summed E-state index contributed by atoms with van der Waals surface area (Å²) in [4.78, 5) is 14.3. The molecule has 14 N–H and O–H groups in total. The van der Waals surface area contributed by atoms with Crippen LogP contribution in [0.3, 0.4) is 0 Å². The average molecular weight is 970 g/mol. The molecule has 0 unspecified atom stereocenters. The Balaban J connectivity index is 1.10. The second-order valence-corrected chi connectivity index (χ2v) is 20.7. The molecule has 2 bridgehead atoms. The van der Waals surface area contributed by atoms with E-state index in [1.807, 2.05) is 0 Å². The third kappa shape index (κ3) is 8.63. The van der Waals surface area contributed by atoms with Crippen LogP contribution < -0.4 is 0 Å². The van der Waals surface area contributed by atoms with E-state index in [2.05, 4.69) is 6.92 Å². The van der Waals surface area contributed by atoms with Crippen LogP contribution in [0.25, 0.3) is 0 Å². The molecule has 0 aromatic heterocycles. The monoisotopic (exact) mass is 969 g/mol. The van der Waals surface area contributed by atoms with Crippen molar-refractivity contribution in [1.82, 2.24) is 0 Å². The van der Waals surface area contributed by atoms with E-state index < -0.39 is 184 Å². The molecule has 8 aliphatic rings. The molecule has 4 aliphatic carbocycles. The molecule has 8 rings (SSSR count). The van der Waals surface area contributed by atoms with Crippen molar-refractivity contribution in [3.63, 3.8) is 0 Å². The summed E-state index contributed by atoms with van der Waals surface area (Å²) in [7, 11) is 0.